The molecule has 3 unspecified atom stereocenters. The van der Waals surface area contributed by atoms with Crippen molar-refractivity contribution in [3.8, 4) is 0 Å². The molecule has 1 aromatic rings. The third kappa shape index (κ3) is 1.62. The first kappa shape index (κ1) is 9.86. The van der Waals surface area contributed by atoms with E-state index in [1.54, 1.807) is 4.68 Å². The van der Waals surface area contributed by atoms with Gasteiger partial charge in [-0.15, -0.1) is 16.7 Å². The lowest BCUT2D eigenvalue weighted by Crippen LogP contribution is -2.20. The maximum absolute atomic E-state index is 5.97. The molecule has 1 saturated heterocycles. The van der Waals surface area contributed by atoms with Crippen molar-refractivity contribution in [2.24, 2.45) is 0 Å². The quantitative estimate of drug-likeness (QED) is 0.700. The van der Waals surface area contributed by atoms with Crippen molar-refractivity contribution in [2.75, 3.05) is 6.61 Å². The Morgan fingerprint density at radius 2 is 2.43 bits per heavy atom. The van der Waals surface area contributed by atoms with Crippen molar-refractivity contribution in [1.82, 2.24) is 20.2 Å². The molecule has 0 aromatic carbocycles. The number of hydrogen-bond acceptors (Lipinski definition) is 4. The van der Waals surface area contributed by atoms with Crippen LogP contribution in [0.3, 0.4) is 0 Å². The van der Waals surface area contributed by atoms with Crippen LogP contribution in [0, 0.1) is 0 Å². The van der Waals surface area contributed by atoms with E-state index < -0.39 is 0 Å². The molecular formula is C8H13ClN4O. The van der Waals surface area contributed by atoms with Crippen LogP contribution in [0.2, 0.25) is 0 Å². The summed E-state index contributed by atoms with van der Waals surface area (Å²) >= 11 is 5.97. The summed E-state index contributed by atoms with van der Waals surface area (Å²) in [6.45, 7) is 4.66. The van der Waals surface area contributed by atoms with Crippen LogP contribution in [0.1, 0.15) is 37.5 Å². The van der Waals surface area contributed by atoms with Gasteiger partial charge in [0.05, 0.1) is 17.5 Å². The average molecular weight is 217 g/mol. The number of rotatable bonds is 2. The Kier molecular flexibility index (Phi) is 2.69. The fourth-order valence-corrected chi connectivity index (χ4v) is 1.88. The van der Waals surface area contributed by atoms with Crippen molar-refractivity contribution in [2.45, 2.75) is 37.8 Å². The van der Waals surface area contributed by atoms with E-state index in [1.165, 1.54) is 0 Å². The number of tetrazole rings is 1. The van der Waals surface area contributed by atoms with Crippen LogP contribution in [0.15, 0.2) is 0 Å². The molecule has 0 spiro atoms. The first-order valence-electron chi connectivity index (χ1n) is 4.73. The van der Waals surface area contributed by atoms with Gasteiger partial charge in [-0.05, 0) is 30.7 Å². The van der Waals surface area contributed by atoms with Gasteiger partial charge in [0, 0.05) is 6.61 Å². The number of halogens is 1. The van der Waals surface area contributed by atoms with Crippen LogP contribution in [0.5, 0.6) is 0 Å². The Labute approximate surface area is 87.4 Å². The van der Waals surface area contributed by atoms with Crippen molar-refractivity contribution in [1.29, 1.82) is 0 Å². The normalized spacial score (nSPS) is 29.4. The summed E-state index contributed by atoms with van der Waals surface area (Å²) in [5.74, 6) is 0.717. The van der Waals surface area contributed by atoms with Crippen molar-refractivity contribution < 1.29 is 4.74 Å². The van der Waals surface area contributed by atoms with Gasteiger partial charge in [0.1, 0.15) is 0 Å². The second kappa shape index (κ2) is 3.82. The van der Waals surface area contributed by atoms with Crippen LogP contribution < -0.4 is 0 Å². The average Bonchev–Trinajstić information content (AvgIpc) is 2.70. The first-order chi connectivity index (χ1) is 6.70. The minimum Gasteiger partial charge on any atom is -0.376 e. The first-order valence-corrected chi connectivity index (χ1v) is 5.17. The largest absolute Gasteiger partial charge is 0.376 e. The van der Waals surface area contributed by atoms with E-state index in [0.717, 1.165) is 13.0 Å². The molecule has 1 fully saturated rings. The zero-order valence-corrected chi connectivity index (χ0v) is 8.98. The summed E-state index contributed by atoms with van der Waals surface area (Å²) in [5, 5.41) is 11.3. The molecule has 5 nitrogen and oxygen atoms in total. The number of alkyl halides is 1. The molecule has 0 saturated carbocycles. The van der Waals surface area contributed by atoms with Gasteiger partial charge in [-0.1, -0.05) is 0 Å². The molecule has 1 aliphatic heterocycles. The van der Waals surface area contributed by atoms with Gasteiger partial charge < -0.3 is 4.74 Å². The van der Waals surface area contributed by atoms with Gasteiger partial charge >= 0.3 is 0 Å². The fourth-order valence-electron chi connectivity index (χ4n) is 1.74. The molecule has 0 bridgehead atoms. The molecule has 3 atom stereocenters. The number of ether oxygens (including phenoxy) is 1. The molecule has 2 heterocycles. The fraction of sp³-hybridized carbons (Fsp3) is 0.875. The SMILES string of the molecule is CC(Cl)c1nnnn1C1CCOC1C. The van der Waals surface area contributed by atoms with Crippen molar-refractivity contribution in [3.05, 3.63) is 5.82 Å². The summed E-state index contributed by atoms with van der Waals surface area (Å²) in [7, 11) is 0. The summed E-state index contributed by atoms with van der Waals surface area (Å²) in [4.78, 5) is 0. The predicted molar refractivity (Wildman–Crippen MR) is 51.2 cm³/mol. The highest BCUT2D eigenvalue weighted by Gasteiger charge is 2.29. The minimum atomic E-state index is -0.169. The zero-order chi connectivity index (χ0) is 10.1. The van der Waals surface area contributed by atoms with E-state index in [2.05, 4.69) is 15.5 Å². The predicted octanol–water partition coefficient (Wildman–Crippen LogP) is 1.32. The highest BCUT2D eigenvalue weighted by atomic mass is 35.5. The minimum absolute atomic E-state index is 0.160. The molecule has 14 heavy (non-hydrogen) atoms. The number of aromatic nitrogens is 4. The maximum Gasteiger partial charge on any atom is 0.169 e. The van der Waals surface area contributed by atoms with Crippen molar-refractivity contribution in [3.63, 3.8) is 0 Å². The lowest BCUT2D eigenvalue weighted by atomic mass is 10.1. The van der Waals surface area contributed by atoms with Gasteiger partial charge in [-0.25, -0.2) is 4.68 Å². The molecule has 78 valence electrons. The highest BCUT2D eigenvalue weighted by Crippen LogP contribution is 2.28. The topological polar surface area (TPSA) is 52.8 Å². The smallest absolute Gasteiger partial charge is 0.169 e. The monoisotopic (exact) mass is 216 g/mol. The van der Waals surface area contributed by atoms with Gasteiger partial charge in [-0.3, -0.25) is 0 Å². The number of hydrogen-bond donors (Lipinski definition) is 0. The summed E-state index contributed by atoms with van der Waals surface area (Å²) in [5.41, 5.74) is 0. The summed E-state index contributed by atoms with van der Waals surface area (Å²) in [6.07, 6.45) is 1.11. The Balaban J connectivity index is 2.26. The molecular weight excluding hydrogens is 204 g/mol. The molecule has 1 aliphatic rings. The van der Waals surface area contributed by atoms with E-state index in [4.69, 9.17) is 16.3 Å². The van der Waals surface area contributed by atoms with Crippen LogP contribution >= 0.6 is 11.6 Å². The maximum atomic E-state index is 5.97. The van der Waals surface area contributed by atoms with E-state index in [9.17, 15) is 0 Å². The molecule has 6 heteroatoms. The Hall–Kier alpha value is -0.680. The van der Waals surface area contributed by atoms with Gasteiger partial charge in [-0.2, -0.15) is 0 Å². The second-order valence-electron chi connectivity index (χ2n) is 3.53. The Morgan fingerprint density at radius 1 is 1.64 bits per heavy atom. The molecule has 2 rings (SSSR count). The third-order valence-corrected chi connectivity index (χ3v) is 2.72. The lowest BCUT2D eigenvalue weighted by Gasteiger charge is -2.15. The van der Waals surface area contributed by atoms with Crippen LogP contribution in [0.25, 0.3) is 0 Å². The van der Waals surface area contributed by atoms with Crippen LogP contribution in [0.4, 0.5) is 0 Å². The summed E-state index contributed by atoms with van der Waals surface area (Å²) in [6, 6.07) is 0.223. The van der Waals surface area contributed by atoms with E-state index in [-0.39, 0.29) is 17.5 Å². The lowest BCUT2D eigenvalue weighted by molar-refractivity contribution is 0.104. The Morgan fingerprint density at radius 3 is 3.00 bits per heavy atom. The van der Waals surface area contributed by atoms with Gasteiger partial charge in [0.2, 0.25) is 0 Å². The summed E-state index contributed by atoms with van der Waals surface area (Å²) < 4.78 is 7.25. The van der Waals surface area contributed by atoms with Crippen LogP contribution in [-0.2, 0) is 4.74 Å². The second-order valence-corrected chi connectivity index (χ2v) is 4.18. The van der Waals surface area contributed by atoms with Crippen LogP contribution in [-0.4, -0.2) is 32.9 Å². The van der Waals surface area contributed by atoms with Gasteiger partial charge in [0.15, 0.2) is 5.82 Å². The third-order valence-electron chi connectivity index (χ3n) is 2.52. The van der Waals surface area contributed by atoms with Gasteiger partial charge in [0.25, 0.3) is 0 Å². The molecule has 0 N–H and O–H groups in total. The highest BCUT2D eigenvalue weighted by molar-refractivity contribution is 6.20. The molecule has 1 aromatic heterocycles. The Bertz CT molecular complexity index is 314. The standard InChI is InChI=1S/C8H13ClN4O/c1-5(9)8-10-11-12-13(8)7-3-4-14-6(7)2/h5-7H,3-4H2,1-2H3. The molecule has 0 radical (unpaired) electrons. The van der Waals surface area contributed by atoms with E-state index in [0.29, 0.717) is 5.82 Å². The molecule has 0 aliphatic carbocycles. The molecule has 0 amide bonds. The zero-order valence-electron chi connectivity index (χ0n) is 8.22. The van der Waals surface area contributed by atoms with Crippen molar-refractivity contribution >= 4 is 11.6 Å². The van der Waals surface area contributed by atoms with E-state index in [1.807, 2.05) is 13.8 Å². The number of nitrogens with zero attached hydrogens (tertiary/aromatic N) is 4. The van der Waals surface area contributed by atoms with E-state index >= 15 is 0 Å².